The van der Waals surface area contributed by atoms with Crippen LogP contribution < -0.4 is 0 Å². The summed E-state index contributed by atoms with van der Waals surface area (Å²) in [5.41, 5.74) is 13.5. The van der Waals surface area contributed by atoms with Crippen molar-refractivity contribution < 1.29 is 0 Å². The second-order valence-electron chi connectivity index (χ2n) is 16.8. The predicted molar refractivity (Wildman–Crippen MR) is 270 cm³/mol. The lowest BCUT2D eigenvalue weighted by atomic mass is 9.86. The molecular formula is C62H39N. The van der Waals surface area contributed by atoms with Crippen LogP contribution in [0.2, 0.25) is 0 Å². The summed E-state index contributed by atoms with van der Waals surface area (Å²) in [7, 11) is 0. The maximum Gasteiger partial charge on any atom is 0.0547 e. The fourth-order valence-electron chi connectivity index (χ4n) is 10.5. The lowest BCUT2D eigenvalue weighted by Gasteiger charge is -2.18. The van der Waals surface area contributed by atoms with E-state index in [2.05, 4.69) is 241 Å². The van der Waals surface area contributed by atoms with Crippen LogP contribution in [-0.2, 0) is 0 Å². The largest absolute Gasteiger partial charge is 0.309 e. The van der Waals surface area contributed by atoms with Crippen molar-refractivity contribution in [1.29, 1.82) is 0 Å². The summed E-state index contributed by atoms with van der Waals surface area (Å²) >= 11 is 0. The Labute approximate surface area is 365 Å². The average Bonchev–Trinajstić information content (AvgIpc) is 3.71. The number of hydrogen-bond donors (Lipinski definition) is 0. The Morgan fingerprint density at radius 3 is 1.37 bits per heavy atom. The van der Waals surface area contributed by atoms with Gasteiger partial charge in [0.1, 0.15) is 0 Å². The molecule has 0 N–H and O–H groups in total. The number of aromatic nitrogens is 1. The molecule has 0 saturated carbocycles. The van der Waals surface area contributed by atoms with Crippen LogP contribution in [0.3, 0.4) is 0 Å². The molecule has 0 unspecified atom stereocenters. The summed E-state index contributed by atoms with van der Waals surface area (Å²) in [5, 5.41) is 15.1. The summed E-state index contributed by atoms with van der Waals surface area (Å²) < 4.78 is 2.48. The van der Waals surface area contributed by atoms with E-state index < -0.39 is 0 Å². The Balaban J connectivity index is 1.01. The second-order valence-corrected chi connectivity index (χ2v) is 16.8. The van der Waals surface area contributed by atoms with Crippen molar-refractivity contribution >= 4 is 75.7 Å². The van der Waals surface area contributed by atoms with E-state index in [9.17, 15) is 0 Å². The van der Waals surface area contributed by atoms with Gasteiger partial charge in [0.05, 0.1) is 11.0 Å². The predicted octanol–water partition coefficient (Wildman–Crippen LogP) is 17.2. The third-order valence-electron chi connectivity index (χ3n) is 13.3. The molecule has 12 aromatic carbocycles. The molecule has 0 bridgehead atoms. The maximum atomic E-state index is 2.48. The summed E-state index contributed by atoms with van der Waals surface area (Å²) in [4.78, 5) is 0. The summed E-state index contributed by atoms with van der Waals surface area (Å²) in [6, 6.07) is 87.2. The SMILES string of the molecule is c1ccc(-c2cccc(-c3cccc4cc5c(ccc6c5c5c7ccccc7ccc5n6-c5ccc(-c6c7ccccc7c(-c7ccccc7)c7ccccc67)cc5)cc34)c2)cc1. The molecule has 0 spiro atoms. The van der Waals surface area contributed by atoms with Gasteiger partial charge in [-0.05, 0) is 141 Å². The molecule has 0 saturated heterocycles. The zero-order chi connectivity index (χ0) is 41.4. The van der Waals surface area contributed by atoms with Crippen molar-refractivity contribution in [2.75, 3.05) is 0 Å². The lowest BCUT2D eigenvalue weighted by molar-refractivity contribution is 1.18. The summed E-state index contributed by atoms with van der Waals surface area (Å²) in [5.74, 6) is 0. The highest BCUT2D eigenvalue weighted by Crippen LogP contribution is 2.46. The quantitative estimate of drug-likeness (QED) is 0.153. The highest BCUT2D eigenvalue weighted by atomic mass is 15.0. The van der Waals surface area contributed by atoms with Crippen LogP contribution in [0.5, 0.6) is 0 Å². The minimum absolute atomic E-state index is 1.14. The van der Waals surface area contributed by atoms with Crippen molar-refractivity contribution in [3.63, 3.8) is 0 Å². The first-order valence-electron chi connectivity index (χ1n) is 21.8. The van der Waals surface area contributed by atoms with Gasteiger partial charge in [-0.1, -0.05) is 194 Å². The molecule has 292 valence electrons. The number of rotatable bonds is 5. The minimum Gasteiger partial charge on any atom is -0.309 e. The van der Waals surface area contributed by atoms with Gasteiger partial charge in [0.25, 0.3) is 0 Å². The van der Waals surface area contributed by atoms with Crippen LogP contribution >= 0.6 is 0 Å². The molecule has 1 nitrogen and oxygen atoms in total. The fraction of sp³-hybridized carbons (Fsp3) is 0. The monoisotopic (exact) mass is 797 g/mol. The Kier molecular flexibility index (Phi) is 7.98. The Morgan fingerprint density at radius 1 is 0.238 bits per heavy atom. The molecule has 0 amide bonds. The molecule has 0 aliphatic carbocycles. The third kappa shape index (κ3) is 5.57. The molecule has 0 fully saturated rings. The molecule has 0 aliphatic heterocycles. The van der Waals surface area contributed by atoms with Crippen LogP contribution in [0.1, 0.15) is 0 Å². The first-order chi connectivity index (χ1) is 31.3. The molecule has 1 aromatic heterocycles. The number of benzene rings is 12. The normalized spacial score (nSPS) is 11.8. The number of nitrogens with zero attached hydrogens (tertiary/aromatic N) is 1. The highest BCUT2D eigenvalue weighted by Gasteiger charge is 2.20. The van der Waals surface area contributed by atoms with E-state index >= 15 is 0 Å². The first kappa shape index (κ1) is 35.5. The molecule has 0 radical (unpaired) electrons. The van der Waals surface area contributed by atoms with Gasteiger partial charge >= 0.3 is 0 Å². The molecule has 1 heterocycles. The molecule has 1 heteroatoms. The summed E-state index contributed by atoms with van der Waals surface area (Å²) in [6.07, 6.45) is 0. The van der Waals surface area contributed by atoms with Crippen molar-refractivity contribution in [1.82, 2.24) is 4.57 Å². The molecular weight excluding hydrogens is 759 g/mol. The summed E-state index contributed by atoms with van der Waals surface area (Å²) in [6.45, 7) is 0. The van der Waals surface area contributed by atoms with Crippen molar-refractivity contribution in [3.8, 4) is 50.2 Å². The van der Waals surface area contributed by atoms with Crippen LogP contribution in [0.4, 0.5) is 0 Å². The Bertz CT molecular complexity index is 3880. The van der Waals surface area contributed by atoms with E-state index in [-0.39, 0.29) is 0 Å². The van der Waals surface area contributed by atoms with Gasteiger partial charge in [-0.3, -0.25) is 0 Å². The van der Waals surface area contributed by atoms with E-state index in [1.165, 1.54) is 120 Å². The van der Waals surface area contributed by atoms with E-state index in [1.807, 2.05) is 0 Å². The van der Waals surface area contributed by atoms with Gasteiger partial charge in [-0.15, -0.1) is 0 Å². The smallest absolute Gasteiger partial charge is 0.0547 e. The first-order valence-corrected chi connectivity index (χ1v) is 21.8. The average molecular weight is 798 g/mol. The zero-order valence-electron chi connectivity index (χ0n) is 34.5. The van der Waals surface area contributed by atoms with E-state index in [1.54, 1.807) is 0 Å². The Hall–Kier alpha value is -8.26. The second kappa shape index (κ2) is 14.2. The van der Waals surface area contributed by atoms with E-state index in [0.717, 1.165) is 5.69 Å². The molecule has 13 aromatic rings. The minimum atomic E-state index is 1.14. The van der Waals surface area contributed by atoms with Gasteiger partial charge in [0, 0.05) is 16.5 Å². The van der Waals surface area contributed by atoms with Gasteiger partial charge in [-0.25, -0.2) is 0 Å². The molecule has 0 atom stereocenters. The van der Waals surface area contributed by atoms with Crippen molar-refractivity contribution in [2.45, 2.75) is 0 Å². The van der Waals surface area contributed by atoms with E-state index in [4.69, 9.17) is 0 Å². The lowest BCUT2D eigenvalue weighted by Crippen LogP contribution is -1.95. The van der Waals surface area contributed by atoms with Gasteiger partial charge in [-0.2, -0.15) is 0 Å². The van der Waals surface area contributed by atoms with Gasteiger partial charge in [0.2, 0.25) is 0 Å². The van der Waals surface area contributed by atoms with Crippen molar-refractivity contribution in [3.05, 3.63) is 237 Å². The molecule has 0 aliphatic rings. The van der Waals surface area contributed by atoms with Crippen LogP contribution in [0.15, 0.2) is 237 Å². The van der Waals surface area contributed by atoms with Crippen LogP contribution in [0.25, 0.3) is 126 Å². The van der Waals surface area contributed by atoms with E-state index in [0.29, 0.717) is 0 Å². The topological polar surface area (TPSA) is 4.93 Å². The number of fused-ring (bicyclic) bond motifs is 10. The van der Waals surface area contributed by atoms with Gasteiger partial charge in [0.15, 0.2) is 0 Å². The van der Waals surface area contributed by atoms with Crippen molar-refractivity contribution in [2.24, 2.45) is 0 Å². The molecule has 63 heavy (non-hydrogen) atoms. The molecule has 13 rings (SSSR count). The zero-order valence-corrected chi connectivity index (χ0v) is 34.5. The van der Waals surface area contributed by atoms with Crippen LogP contribution in [-0.4, -0.2) is 4.57 Å². The highest BCUT2D eigenvalue weighted by molar-refractivity contribution is 6.30. The van der Waals surface area contributed by atoms with Gasteiger partial charge < -0.3 is 4.57 Å². The fourth-order valence-corrected chi connectivity index (χ4v) is 10.5. The number of hydrogen-bond acceptors (Lipinski definition) is 0. The Morgan fingerprint density at radius 2 is 0.698 bits per heavy atom. The standard InChI is InChI=1S/C62H39N/c1-3-15-40(16-4-1)44-20-13-21-45(37-44)49-28-14-22-46-39-56-47(38-55(46)49)32-36-58-62(56)61-50-23-8-7-17-41(50)31-35-57(61)63(58)48-33-29-43(30-34-48)60-53-26-11-9-24-51(53)59(42-18-5-2-6-19-42)52-25-10-12-27-54(52)60/h1-39H. The third-order valence-corrected chi connectivity index (χ3v) is 13.3. The van der Waals surface area contributed by atoms with Crippen LogP contribution in [0, 0.1) is 0 Å². The maximum absolute atomic E-state index is 2.48.